The minimum absolute atomic E-state index is 0.137. The van der Waals surface area contributed by atoms with Crippen LogP contribution in [0.4, 0.5) is 0 Å². The summed E-state index contributed by atoms with van der Waals surface area (Å²) in [6.45, 7) is 6.86. The number of aromatic amines is 1. The maximum Gasteiger partial charge on any atom is 0.330 e. The summed E-state index contributed by atoms with van der Waals surface area (Å²) in [6, 6.07) is -1.34. The summed E-state index contributed by atoms with van der Waals surface area (Å²) < 4.78 is 30.8. The molecule has 0 unspecified atom stereocenters. The molecule has 2 rings (SSSR count). The number of aliphatic hydroxyl groups is 2. The van der Waals surface area contributed by atoms with Gasteiger partial charge in [-0.2, -0.15) is 0 Å². The van der Waals surface area contributed by atoms with Gasteiger partial charge in [-0.15, -0.1) is 0 Å². The normalized spacial score (nSPS) is 23.7. The predicted molar refractivity (Wildman–Crippen MR) is 149 cm³/mol. The predicted octanol–water partition coefficient (Wildman–Crippen LogP) is 1.14. The van der Waals surface area contributed by atoms with Crippen molar-refractivity contribution in [1.29, 1.82) is 0 Å². The number of hydrogen-bond acceptors (Lipinski definition) is 11. The van der Waals surface area contributed by atoms with Crippen molar-refractivity contribution in [3.8, 4) is 0 Å². The fourth-order valence-electron chi connectivity index (χ4n) is 3.81. The lowest BCUT2D eigenvalue weighted by molar-refractivity contribution is -0.145. The van der Waals surface area contributed by atoms with E-state index >= 15 is 0 Å². The zero-order chi connectivity index (χ0) is 31.5. The van der Waals surface area contributed by atoms with E-state index in [0.29, 0.717) is 12.8 Å². The molecule has 0 aromatic carbocycles. The number of nitrogens with one attached hydrogen (secondary N) is 3. The maximum atomic E-state index is 14.1. The molecule has 42 heavy (non-hydrogen) atoms. The number of aliphatic hydroxyl groups excluding tert-OH is 2. The van der Waals surface area contributed by atoms with Crippen molar-refractivity contribution in [3.05, 3.63) is 55.4 Å². The Morgan fingerprint density at radius 1 is 1.19 bits per heavy atom. The summed E-state index contributed by atoms with van der Waals surface area (Å²) >= 11 is 0. The van der Waals surface area contributed by atoms with Gasteiger partial charge in [0.15, 0.2) is 12.0 Å². The average molecular weight is 616 g/mol. The zero-order valence-electron chi connectivity index (χ0n) is 23.8. The molecule has 1 aliphatic heterocycles. The number of aromatic nitrogens is 2. The first-order chi connectivity index (χ1) is 19.8. The Balaban J connectivity index is 2.44. The standard InChI is InChI=1S/C24H38N7O10P/c1-5-7-12-39-21(35)15(3)27-42(38,28-16(4)22(36)40-13-8-6-2)14-10-24(29-30-25)19(34)18(33)20(41-24)31-11-9-17(32)26-23(31)37/h9-11,14-16,18-20,33-34H,5-8,12-13H2,1-4H3,(H,26,32,37)(H2,27,28,38)/t15-,16-,18+,19-,20+,24+/m0/s1. The molecule has 17 nitrogen and oxygen atoms in total. The van der Waals surface area contributed by atoms with Crippen LogP contribution in [-0.2, 0) is 28.4 Å². The van der Waals surface area contributed by atoms with E-state index in [1.165, 1.54) is 13.8 Å². The van der Waals surface area contributed by atoms with E-state index in [1.54, 1.807) is 0 Å². The van der Waals surface area contributed by atoms with Crippen LogP contribution in [0.2, 0.25) is 0 Å². The number of unbranched alkanes of at least 4 members (excludes halogenated alkanes) is 2. The number of carbonyl (C=O) groups excluding carboxylic acids is 2. The van der Waals surface area contributed by atoms with Gasteiger partial charge in [0, 0.05) is 23.0 Å². The molecule has 1 aromatic rings. The number of hydrogen-bond donors (Lipinski definition) is 5. The van der Waals surface area contributed by atoms with Crippen molar-refractivity contribution in [3.63, 3.8) is 0 Å². The lowest BCUT2D eigenvalue weighted by atomic mass is 10.1. The van der Waals surface area contributed by atoms with Crippen LogP contribution in [0.15, 0.2) is 38.9 Å². The Morgan fingerprint density at radius 2 is 1.74 bits per heavy atom. The second-order valence-electron chi connectivity index (χ2n) is 9.62. The van der Waals surface area contributed by atoms with E-state index in [2.05, 4.69) is 20.2 Å². The molecule has 1 saturated heterocycles. The fraction of sp³-hybridized carbons (Fsp3) is 0.667. The summed E-state index contributed by atoms with van der Waals surface area (Å²) in [5.41, 5.74) is 5.10. The molecule has 18 heteroatoms. The highest BCUT2D eigenvalue weighted by atomic mass is 31.2. The van der Waals surface area contributed by atoms with Crippen molar-refractivity contribution in [2.45, 2.75) is 89.6 Å². The van der Waals surface area contributed by atoms with Gasteiger partial charge in [0.05, 0.1) is 13.2 Å². The van der Waals surface area contributed by atoms with Gasteiger partial charge in [-0.3, -0.25) is 28.5 Å². The van der Waals surface area contributed by atoms with Crippen molar-refractivity contribution >= 4 is 19.4 Å². The van der Waals surface area contributed by atoms with Crippen LogP contribution in [0.1, 0.15) is 59.6 Å². The van der Waals surface area contributed by atoms with Gasteiger partial charge >= 0.3 is 17.6 Å². The Morgan fingerprint density at radius 3 is 2.21 bits per heavy atom. The van der Waals surface area contributed by atoms with E-state index in [-0.39, 0.29) is 13.2 Å². The SMILES string of the molecule is CCCCOC(=O)[C@H](C)NP(=O)(C=C[C@@]1(N=[N+]=[N-])O[C@@H](n2ccc(=O)[nH]c2=O)[C@H](O)[C@@H]1O)N[C@@H](C)C(=O)OCCCC. The molecule has 0 radical (unpaired) electrons. The van der Waals surface area contributed by atoms with Gasteiger partial charge in [-0.1, -0.05) is 31.8 Å². The van der Waals surface area contributed by atoms with Crippen LogP contribution >= 0.6 is 7.44 Å². The van der Waals surface area contributed by atoms with Gasteiger partial charge in [-0.05, 0) is 38.3 Å². The summed E-state index contributed by atoms with van der Waals surface area (Å²) in [4.78, 5) is 53.4. The minimum Gasteiger partial charge on any atom is -0.465 e. The number of azide groups is 1. The van der Waals surface area contributed by atoms with Crippen LogP contribution in [0, 0.1) is 0 Å². The zero-order valence-corrected chi connectivity index (χ0v) is 24.7. The van der Waals surface area contributed by atoms with Crippen molar-refractivity contribution in [1.82, 2.24) is 19.7 Å². The molecule has 1 aromatic heterocycles. The second kappa shape index (κ2) is 15.8. The van der Waals surface area contributed by atoms with Crippen molar-refractivity contribution in [2.75, 3.05) is 13.2 Å². The third kappa shape index (κ3) is 9.10. The van der Waals surface area contributed by atoms with Gasteiger partial charge < -0.3 is 24.4 Å². The highest BCUT2D eigenvalue weighted by Gasteiger charge is 2.54. The van der Waals surface area contributed by atoms with Crippen LogP contribution in [0.25, 0.3) is 10.4 Å². The molecular weight excluding hydrogens is 577 g/mol. The van der Waals surface area contributed by atoms with Crippen LogP contribution in [-0.4, -0.2) is 74.9 Å². The van der Waals surface area contributed by atoms with E-state index in [0.717, 1.165) is 41.6 Å². The van der Waals surface area contributed by atoms with Gasteiger partial charge in [0.1, 0.15) is 24.3 Å². The summed E-state index contributed by atoms with van der Waals surface area (Å²) in [5.74, 6) is -0.555. The molecule has 0 aliphatic carbocycles. The summed E-state index contributed by atoms with van der Waals surface area (Å²) in [6.07, 6.45) is -0.833. The molecule has 2 heterocycles. The first-order valence-corrected chi connectivity index (χ1v) is 15.2. The molecule has 6 atom stereocenters. The van der Waals surface area contributed by atoms with E-state index in [9.17, 15) is 39.5 Å². The van der Waals surface area contributed by atoms with Gasteiger partial charge in [-0.25, -0.2) is 15.0 Å². The number of H-pyrrole nitrogens is 1. The molecule has 0 spiro atoms. The fourth-order valence-corrected chi connectivity index (χ4v) is 5.84. The first kappa shape index (κ1) is 34.9. The van der Waals surface area contributed by atoms with E-state index in [1.807, 2.05) is 18.8 Å². The quantitative estimate of drug-likeness (QED) is 0.0439. The maximum absolute atomic E-state index is 14.1. The smallest absolute Gasteiger partial charge is 0.330 e. The van der Waals surface area contributed by atoms with Crippen molar-refractivity contribution < 1.29 is 38.6 Å². The largest absolute Gasteiger partial charge is 0.465 e. The third-order valence-electron chi connectivity index (χ3n) is 6.16. The molecule has 0 saturated carbocycles. The number of ether oxygens (including phenoxy) is 3. The van der Waals surface area contributed by atoms with Crippen LogP contribution in [0.3, 0.4) is 0 Å². The van der Waals surface area contributed by atoms with Crippen LogP contribution in [0.5, 0.6) is 0 Å². The number of rotatable bonds is 16. The Bertz CT molecular complexity index is 1290. The highest BCUT2D eigenvalue weighted by molar-refractivity contribution is 7.63. The number of carbonyl (C=O) groups is 2. The highest BCUT2D eigenvalue weighted by Crippen LogP contribution is 2.44. The third-order valence-corrected chi connectivity index (χ3v) is 8.27. The van der Waals surface area contributed by atoms with E-state index in [4.69, 9.17) is 14.2 Å². The number of esters is 2. The Kier molecular flexibility index (Phi) is 13.1. The average Bonchev–Trinajstić information content (AvgIpc) is 3.17. The Labute approximate surface area is 241 Å². The topological polar surface area (TPSA) is 247 Å². The second-order valence-corrected chi connectivity index (χ2v) is 11.8. The molecule has 1 aliphatic rings. The molecule has 234 valence electrons. The molecular formula is C24H38N7O10P. The van der Waals surface area contributed by atoms with E-state index < -0.39 is 66.9 Å². The monoisotopic (exact) mass is 615 g/mol. The number of nitrogens with zero attached hydrogens (tertiary/aromatic N) is 4. The lowest BCUT2D eigenvalue weighted by Crippen LogP contribution is -2.42. The molecule has 5 N–H and O–H groups in total. The Hall–Kier alpha value is -3.30. The molecule has 0 amide bonds. The van der Waals surface area contributed by atoms with Crippen molar-refractivity contribution in [2.24, 2.45) is 5.11 Å². The first-order valence-electron chi connectivity index (χ1n) is 13.4. The molecule has 1 fully saturated rings. The van der Waals surface area contributed by atoms with Crippen LogP contribution < -0.4 is 21.4 Å². The lowest BCUT2D eigenvalue weighted by Gasteiger charge is -2.27. The van der Waals surface area contributed by atoms with Gasteiger partial charge in [0.25, 0.3) is 5.56 Å². The summed E-state index contributed by atoms with van der Waals surface area (Å²) in [5, 5.41) is 30.1. The molecule has 0 bridgehead atoms. The van der Waals surface area contributed by atoms with Gasteiger partial charge in [0.2, 0.25) is 7.44 Å². The summed E-state index contributed by atoms with van der Waals surface area (Å²) in [7, 11) is -4.14. The minimum atomic E-state index is -4.14.